The molecule has 0 fully saturated rings. The Morgan fingerprint density at radius 2 is 1.16 bits per heavy atom. The number of carbonyl (C=O) groups is 3. The fourth-order valence-electron chi connectivity index (χ4n) is 2.97. The van der Waals surface area contributed by atoms with Gasteiger partial charge in [-0.1, -0.05) is 20.1 Å². The summed E-state index contributed by atoms with van der Waals surface area (Å²) in [6, 6.07) is 0. The Bertz CT molecular complexity index is 621. The van der Waals surface area contributed by atoms with Gasteiger partial charge in [-0.2, -0.15) is 0 Å². The van der Waals surface area contributed by atoms with E-state index in [0.29, 0.717) is 26.1 Å². The van der Waals surface area contributed by atoms with Gasteiger partial charge in [0.25, 0.3) is 0 Å². The van der Waals surface area contributed by atoms with Crippen LogP contribution < -0.4 is 0 Å². The summed E-state index contributed by atoms with van der Waals surface area (Å²) in [6.07, 6.45) is 2.92. The number of hydrogen-bond acceptors (Lipinski definition) is 12. The summed E-state index contributed by atoms with van der Waals surface area (Å²) in [5.74, 6) is -1.47. The van der Waals surface area contributed by atoms with Gasteiger partial charge < -0.3 is 38.6 Å². The summed E-state index contributed by atoms with van der Waals surface area (Å²) in [7, 11) is 0. The highest BCUT2D eigenvalue weighted by molar-refractivity contribution is 5.81. The van der Waals surface area contributed by atoms with Crippen LogP contribution in [0.5, 0.6) is 0 Å². The first kappa shape index (κ1) is 34.6. The first-order chi connectivity index (χ1) is 17.9. The number of aliphatic hydroxyl groups excluding tert-OH is 2. The summed E-state index contributed by atoms with van der Waals surface area (Å²) in [4.78, 5) is 36.0. The zero-order valence-electron chi connectivity index (χ0n) is 21.9. The second-order valence-corrected chi connectivity index (χ2v) is 8.01. The second kappa shape index (κ2) is 22.8. The zero-order chi connectivity index (χ0) is 27.8. The Hall–Kier alpha value is -2.35. The van der Waals surface area contributed by atoms with E-state index >= 15 is 0 Å². The lowest BCUT2D eigenvalue weighted by atomic mass is 9.88. The Morgan fingerprint density at radius 3 is 1.54 bits per heavy atom. The second-order valence-electron chi connectivity index (χ2n) is 8.01. The molecule has 0 aliphatic heterocycles. The molecule has 0 aliphatic rings. The fraction of sp³-hybridized carbons (Fsp3) is 0.720. The maximum Gasteiger partial charge on any atom is 0.330 e. The molecule has 0 amide bonds. The van der Waals surface area contributed by atoms with Gasteiger partial charge >= 0.3 is 17.9 Å². The van der Waals surface area contributed by atoms with Crippen LogP contribution in [0.1, 0.15) is 19.8 Å². The van der Waals surface area contributed by atoms with Crippen LogP contribution in [0.25, 0.3) is 0 Å². The molecule has 12 heteroatoms. The van der Waals surface area contributed by atoms with Crippen LogP contribution in [0, 0.1) is 5.41 Å². The van der Waals surface area contributed by atoms with Gasteiger partial charge in [-0.25, -0.2) is 9.59 Å². The topological polar surface area (TPSA) is 150 Å². The van der Waals surface area contributed by atoms with Crippen molar-refractivity contribution in [2.24, 2.45) is 5.41 Å². The first-order valence-electron chi connectivity index (χ1n) is 12.3. The van der Waals surface area contributed by atoms with E-state index in [1.54, 1.807) is 4.90 Å². The minimum absolute atomic E-state index is 0.0601. The van der Waals surface area contributed by atoms with E-state index in [1.165, 1.54) is 0 Å². The highest BCUT2D eigenvalue weighted by Crippen LogP contribution is 2.24. The highest BCUT2D eigenvalue weighted by atomic mass is 16.6. The SMILES string of the molecule is C=CC(=O)OCCOCC(CC)(COCCOC(=O)C=C)COCCOC(=O)CCN(CCO)CCO. The van der Waals surface area contributed by atoms with E-state index in [4.69, 9.17) is 38.6 Å². The number of aliphatic hydroxyl groups is 2. The van der Waals surface area contributed by atoms with Gasteiger partial charge in [-0.05, 0) is 6.42 Å². The number of nitrogens with zero attached hydrogens (tertiary/aromatic N) is 1. The third kappa shape index (κ3) is 18.5. The Balaban J connectivity index is 4.55. The maximum atomic E-state index is 12.0. The van der Waals surface area contributed by atoms with Crippen molar-refractivity contribution in [2.45, 2.75) is 19.8 Å². The van der Waals surface area contributed by atoms with E-state index in [9.17, 15) is 14.4 Å². The number of esters is 3. The summed E-state index contributed by atoms with van der Waals surface area (Å²) < 4.78 is 32.1. The minimum atomic E-state index is -0.538. The molecule has 0 heterocycles. The highest BCUT2D eigenvalue weighted by Gasteiger charge is 2.30. The molecule has 12 nitrogen and oxygen atoms in total. The first-order valence-corrected chi connectivity index (χ1v) is 12.3. The monoisotopic (exact) mass is 533 g/mol. The van der Waals surface area contributed by atoms with Crippen molar-refractivity contribution in [3.8, 4) is 0 Å². The molecule has 0 aromatic carbocycles. The van der Waals surface area contributed by atoms with Gasteiger partial charge in [0, 0.05) is 37.2 Å². The van der Waals surface area contributed by atoms with Crippen molar-refractivity contribution in [3.05, 3.63) is 25.3 Å². The number of ether oxygens (including phenoxy) is 6. The zero-order valence-corrected chi connectivity index (χ0v) is 21.9. The van der Waals surface area contributed by atoms with Crippen LogP contribution in [0.2, 0.25) is 0 Å². The number of hydrogen-bond donors (Lipinski definition) is 2. The molecular weight excluding hydrogens is 490 g/mol. The van der Waals surface area contributed by atoms with Crippen LogP contribution >= 0.6 is 0 Å². The summed E-state index contributed by atoms with van der Waals surface area (Å²) in [5.41, 5.74) is -0.538. The van der Waals surface area contributed by atoms with E-state index in [-0.39, 0.29) is 79.1 Å². The molecule has 0 aromatic rings. The van der Waals surface area contributed by atoms with Gasteiger partial charge in [0.05, 0.1) is 59.3 Å². The molecule has 0 radical (unpaired) electrons. The van der Waals surface area contributed by atoms with Crippen LogP contribution in [0.15, 0.2) is 25.3 Å². The minimum Gasteiger partial charge on any atom is -0.463 e. The summed E-state index contributed by atoms with van der Waals surface area (Å²) in [6.45, 7) is 11.1. The largest absolute Gasteiger partial charge is 0.463 e. The van der Waals surface area contributed by atoms with Crippen molar-refractivity contribution >= 4 is 17.9 Å². The Morgan fingerprint density at radius 1 is 0.730 bits per heavy atom. The molecule has 0 saturated heterocycles. The fourth-order valence-corrected chi connectivity index (χ4v) is 2.97. The molecule has 0 unspecified atom stereocenters. The van der Waals surface area contributed by atoms with Gasteiger partial charge in [0.2, 0.25) is 0 Å². The molecule has 0 bridgehead atoms. The van der Waals surface area contributed by atoms with Crippen LogP contribution in [0.3, 0.4) is 0 Å². The molecule has 0 spiro atoms. The Labute approximate surface area is 219 Å². The normalized spacial score (nSPS) is 11.2. The molecule has 0 saturated carbocycles. The van der Waals surface area contributed by atoms with Crippen molar-refractivity contribution in [1.82, 2.24) is 4.90 Å². The summed E-state index contributed by atoms with van der Waals surface area (Å²) >= 11 is 0. The van der Waals surface area contributed by atoms with Gasteiger partial charge in [0.1, 0.15) is 19.8 Å². The van der Waals surface area contributed by atoms with Gasteiger partial charge in [-0.15, -0.1) is 0 Å². The average molecular weight is 534 g/mol. The molecular formula is C25H43NO11. The van der Waals surface area contributed by atoms with E-state index < -0.39 is 23.3 Å². The quantitative estimate of drug-likeness (QED) is 0.0709. The average Bonchev–Trinajstić information content (AvgIpc) is 2.90. The van der Waals surface area contributed by atoms with E-state index in [2.05, 4.69) is 13.2 Å². The van der Waals surface area contributed by atoms with Gasteiger partial charge in [-0.3, -0.25) is 9.69 Å². The van der Waals surface area contributed by atoms with Crippen molar-refractivity contribution < 1.29 is 53.0 Å². The standard InChI is InChI=1S/C25H43NO11/c1-4-22(29)35-16-13-32-19-25(6-3,20-33-14-17-36-23(30)5-2)21-34-15-18-37-24(31)7-8-26(9-11-27)10-12-28/h4-5,27-28H,1-2,6-21H2,3H3. The molecule has 214 valence electrons. The van der Waals surface area contributed by atoms with Crippen LogP contribution in [-0.4, -0.2) is 125 Å². The predicted molar refractivity (Wildman–Crippen MR) is 134 cm³/mol. The lowest BCUT2D eigenvalue weighted by Crippen LogP contribution is -2.38. The molecule has 37 heavy (non-hydrogen) atoms. The van der Waals surface area contributed by atoms with E-state index in [1.807, 2.05) is 6.92 Å². The maximum absolute atomic E-state index is 12.0. The van der Waals surface area contributed by atoms with Crippen molar-refractivity contribution in [3.63, 3.8) is 0 Å². The van der Waals surface area contributed by atoms with Crippen molar-refractivity contribution in [1.29, 1.82) is 0 Å². The van der Waals surface area contributed by atoms with Gasteiger partial charge in [0.15, 0.2) is 0 Å². The molecule has 2 N–H and O–H groups in total. The summed E-state index contributed by atoms with van der Waals surface area (Å²) in [5, 5.41) is 18.0. The Kier molecular flexibility index (Phi) is 21.4. The molecule has 0 aromatic heterocycles. The lowest BCUT2D eigenvalue weighted by molar-refractivity contribution is -0.146. The predicted octanol–water partition coefficient (Wildman–Crippen LogP) is 0.111. The van der Waals surface area contributed by atoms with Crippen LogP contribution in [0.4, 0.5) is 0 Å². The molecule has 0 atom stereocenters. The van der Waals surface area contributed by atoms with E-state index in [0.717, 1.165) is 12.2 Å². The third-order valence-electron chi connectivity index (χ3n) is 5.21. The third-order valence-corrected chi connectivity index (χ3v) is 5.21. The smallest absolute Gasteiger partial charge is 0.330 e. The number of carbonyl (C=O) groups excluding carboxylic acids is 3. The molecule has 0 aliphatic carbocycles. The lowest BCUT2D eigenvalue weighted by Gasteiger charge is -2.32. The van der Waals surface area contributed by atoms with Crippen molar-refractivity contribution in [2.75, 3.05) is 92.3 Å². The number of rotatable bonds is 25. The molecule has 0 rings (SSSR count). The van der Waals surface area contributed by atoms with Crippen LogP contribution in [-0.2, 0) is 42.8 Å².